The van der Waals surface area contributed by atoms with Crippen LogP contribution in [0.2, 0.25) is 0 Å². The predicted octanol–water partition coefficient (Wildman–Crippen LogP) is 2.82. The maximum absolute atomic E-state index is 12.2. The second-order valence-electron chi connectivity index (χ2n) is 4.77. The summed E-state index contributed by atoms with van der Waals surface area (Å²) in [6, 6.07) is 0. The first-order valence-corrected chi connectivity index (χ1v) is 7.79. The van der Waals surface area contributed by atoms with Gasteiger partial charge in [-0.3, -0.25) is 10.1 Å². The highest BCUT2D eigenvalue weighted by Crippen LogP contribution is 2.34. The number of nitrogens with one attached hydrogen (secondary N) is 1. The third-order valence-electron chi connectivity index (χ3n) is 2.96. The minimum Gasteiger partial charge on any atom is -0.296 e. The number of thiazole rings is 1. The summed E-state index contributed by atoms with van der Waals surface area (Å²) in [6.07, 6.45) is 3.60. The molecule has 0 unspecified atom stereocenters. The Morgan fingerprint density at radius 1 is 1.37 bits per heavy atom. The van der Waals surface area contributed by atoms with E-state index in [0.29, 0.717) is 15.8 Å². The molecule has 0 aliphatic heterocycles. The molecule has 1 aliphatic carbocycles. The molecule has 0 spiro atoms. The lowest BCUT2D eigenvalue weighted by Gasteiger charge is -1.97. The van der Waals surface area contributed by atoms with Crippen LogP contribution in [0.3, 0.4) is 0 Å². The zero-order valence-corrected chi connectivity index (χ0v) is 12.4. The molecular weight excluding hydrogens is 280 g/mol. The number of amides is 1. The second kappa shape index (κ2) is 4.97. The Balaban J connectivity index is 1.73. The zero-order chi connectivity index (χ0) is 13.4. The molecule has 0 aromatic carbocycles. The molecule has 7 heteroatoms. The van der Waals surface area contributed by atoms with E-state index in [4.69, 9.17) is 0 Å². The molecule has 0 radical (unpaired) electrons. The summed E-state index contributed by atoms with van der Waals surface area (Å²) in [6.45, 7) is 3.69. The molecule has 100 valence electrons. The van der Waals surface area contributed by atoms with Crippen LogP contribution in [0.4, 0.5) is 5.13 Å². The number of hydrogen-bond donors (Lipinski definition) is 1. The number of hydrogen-bond acceptors (Lipinski definition) is 6. The highest BCUT2D eigenvalue weighted by atomic mass is 32.1. The molecule has 1 fully saturated rings. The van der Waals surface area contributed by atoms with Gasteiger partial charge in [-0.05, 0) is 32.6 Å². The van der Waals surface area contributed by atoms with Gasteiger partial charge in [0.2, 0.25) is 5.13 Å². The van der Waals surface area contributed by atoms with E-state index < -0.39 is 0 Å². The van der Waals surface area contributed by atoms with E-state index in [0.717, 1.165) is 23.0 Å². The zero-order valence-electron chi connectivity index (χ0n) is 10.8. The first-order valence-electron chi connectivity index (χ1n) is 6.20. The SMILES string of the molecule is Cc1nsc(NC(=O)c2sc(CC3CC3)nc2C)n1. The Morgan fingerprint density at radius 3 is 2.79 bits per heavy atom. The fourth-order valence-corrected chi connectivity index (χ4v) is 3.47. The van der Waals surface area contributed by atoms with E-state index in [2.05, 4.69) is 19.7 Å². The van der Waals surface area contributed by atoms with Gasteiger partial charge in [-0.25, -0.2) is 9.97 Å². The van der Waals surface area contributed by atoms with Gasteiger partial charge in [-0.2, -0.15) is 4.37 Å². The van der Waals surface area contributed by atoms with Crippen molar-refractivity contribution in [2.24, 2.45) is 5.92 Å². The average Bonchev–Trinajstić information content (AvgIpc) is 2.95. The molecule has 2 aromatic heterocycles. The Hall–Kier alpha value is -1.34. The topological polar surface area (TPSA) is 67.8 Å². The lowest BCUT2D eigenvalue weighted by atomic mass is 10.3. The van der Waals surface area contributed by atoms with E-state index >= 15 is 0 Å². The number of nitrogens with zero attached hydrogens (tertiary/aromatic N) is 3. The van der Waals surface area contributed by atoms with Crippen LogP contribution >= 0.6 is 22.9 Å². The minimum atomic E-state index is -0.131. The number of aromatic nitrogens is 3. The van der Waals surface area contributed by atoms with E-state index in [-0.39, 0.29) is 5.91 Å². The molecule has 0 atom stereocenters. The van der Waals surface area contributed by atoms with Crippen LogP contribution in [-0.2, 0) is 6.42 Å². The molecule has 2 heterocycles. The maximum Gasteiger partial charge on any atom is 0.269 e. The van der Waals surface area contributed by atoms with Crippen molar-refractivity contribution in [1.82, 2.24) is 14.3 Å². The van der Waals surface area contributed by atoms with Crippen molar-refractivity contribution in [2.75, 3.05) is 5.32 Å². The van der Waals surface area contributed by atoms with E-state index in [1.165, 1.54) is 35.7 Å². The maximum atomic E-state index is 12.2. The first kappa shape index (κ1) is 12.7. The molecule has 1 saturated carbocycles. The molecule has 0 bridgehead atoms. The predicted molar refractivity (Wildman–Crippen MR) is 75.9 cm³/mol. The van der Waals surface area contributed by atoms with E-state index in [1.54, 1.807) is 6.92 Å². The van der Waals surface area contributed by atoms with Crippen molar-refractivity contribution < 1.29 is 4.79 Å². The summed E-state index contributed by atoms with van der Waals surface area (Å²) in [5.74, 6) is 1.33. The molecule has 5 nitrogen and oxygen atoms in total. The third-order valence-corrected chi connectivity index (χ3v) is 4.86. The molecule has 19 heavy (non-hydrogen) atoms. The summed E-state index contributed by atoms with van der Waals surface area (Å²) in [5.41, 5.74) is 0.805. The number of anilines is 1. The number of aryl methyl sites for hydroxylation is 2. The lowest BCUT2D eigenvalue weighted by Crippen LogP contribution is -2.11. The van der Waals surface area contributed by atoms with E-state index in [9.17, 15) is 4.79 Å². The highest BCUT2D eigenvalue weighted by Gasteiger charge is 2.24. The second-order valence-corrected chi connectivity index (χ2v) is 6.61. The third kappa shape index (κ3) is 2.98. The van der Waals surface area contributed by atoms with Crippen LogP contribution in [0.5, 0.6) is 0 Å². The van der Waals surface area contributed by atoms with E-state index in [1.807, 2.05) is 6.92 Å². The van der Waals surface area contributed by atoms with Gasteiger partial charge >= 0.3 is 0 Å². The van der Waals surface area contributed by atoms with Gasteiger partial charge in [0, 0.05) is 18.0 Å². The van der Waals surface area contributed by atoms with Gasteiger partial charge in [0.05, 0.1) is 10.7 Å². The van der Waals surface area contributed by atoms with Gasteiger partial charge < -0.3 is 0 Å². The standard InChI is InChI=1S/C12H14N4OS2/c1-6-10(18-9(13-6)5-8-3-4-8)11(17)15-12-14-7(2)16-19-12/h8H,3-5H2,1-2H3,(H,14,15,16,17). The van der Waals surface area contributed by atoms with Gasteiger partial charge in [0.25, 0.3) is 5.91 Å². The fraction of sp³-hybridized carbons (Fsp3) is 0.500. The Labute approximate surface area is 119 Å². The number of rotatable bonds is 4. The fourth-order valence-electron chi connectivity index (χ4n) is 1.82. The van der Waals surface area contributed by atoms with Crippen LogP contribution in [-0.4, -0.2) is 20.2 Å². The van der Waals surface area contributed by atoms with Gasteiger partial charge in [-0.15, -0.1) is 11.3 Å². The number of carbonyl (C=O) groups excluding carboxylic acids is 1. The average molecular weight is 294 g/mol. The number of carbonyl (C=O) groups is 1. The summed E-state index contributed by atoms with van der Waals surface area (Å²) in [7, 11) is 0. The normalized spacial score (nSPS) is 14.6. The van der Waals surface area contributed by atoms with Crippen molar-refractivity contribution in [1.29, 1.82) is 0 Å². The van der Waals surface area contributed by atoms with Crippen LogP contribution in [0.1, 0.15) is 39.0 Å². The molecule has 0 saturated heterocycles. The molecule has 1 N–H and O–H groups in total. The van der Waals surface area contributed by atoms with Crippen LogP contribution < -0.4 is 5.32 Å². The molecule has 1 amide bonds. The Bertz CT molecular complexity index is 615. The van der Waals surface area contributed by atoms with Gasteiger partial charge in [0.15, 0.2) is 0 Å². The van der Waals surface area contributed by atoms with Gasteiger partial charge in [-0.1, -0.05) is 0 Å². The van der Waals surface area contributed by atoms with Crippen molar-refractivity contribution in [3.63, 3.8) is 0 Å². The van der Waals surface area contributed by atoms with Crippen LogP contribution in [0.15, 0.2) is 0 Å². The largest absolute Gasteiger partial charge is 0.296 e. The van der Waals surface area contributed by atoms with Crippen molar-refractivity contribution in [3.8, 4) is 0 Å². The molecule has 1 aliphatic rings. The smallest absolute Gasteiger partial charge is 0.269 e. The summed E-state index contributed by atoms with van der Waals surface area (Å²) in [5, 5.41) is 4.39. The van der Waals surface area contributed by atoms with Crippen molar-refractivity contribution in [3.05, 3.63) is 21.4 Å². The first-order chi connectivity index (χ1) is 9.11. The molecule has 3 rings (SSSR count). The van der Waals surface area contributed by atoms with Crippen LogP contribution in [0, 0.1) is 19.8 Å². The summed E-state index contributed by atoms with van der Waals surface area (Å²) >= 11 is 2.69. The summed E-state index contributed by atoms with van der Waals surface area (Å²) in [4.78, 5) is 21.5. The van der Waals surface area contributed by atoms with Gasteiger partial charge in [0.1, 0.15) is 10.7 Å². The Morgan fingerprint density at radius 2 is 2.16 bits per heavy atom. The van der Waals surface area contributed by atoms with Crippen molar-refractivity contribution in [2.45, 2.75) is 33.1 Å². The summed E-state index contributed by atoms with van der Waals surface area (Å²) < 4.78 is 4.04. The van der Waals surface area contributed by atoms with Crippen molar-refractivity contribution >= 4 is 33.9 Å². The molecular formula is C12H14N4OS2. The minimum absolute atomic E-state index is 0.131. The quantitative estimate of drug-likeness (QED) is 0.941. The lowest BCUT2D eigenvalue weighted by molar-refractivity contribution is 0.103. The monoisotopic (exact) mass is 294 g/mol. The molecule has 2 aromatic rings. The highest BCUT2D eigenvalue weighted by molar-refractivity contribution is 7.14. The Kier molecular flexibility index (Phi) is 3.32. The van der Waals surface area contributed by atoms with Crippen LogP contribution in [0.25, 0.3) is 0 Å².